The zero-order valence-corrected chi connectivity index (χ0v) is 20.5. The number of Topliss-reactive ketones (excluding diaryl/α,β-unsaturated/α-hetero) is 1. The average Bonchev–Trinajstić information content (AvgIpc) is 3.27. The summed E-state index contributed by atoms with van der Waals surface area (Å²) in [5.74, 6) is -0.255. The molecule has 0 aliphatic carbocycles. The molecule has 1 N–H and O–H groups in total. The predicted molar refractivity (Wildman–Crippen MR) is 134 cm³/mol. The first kappa shape index (κ1) is 23.6. The van der Waals surface area contributed by atoms with E-state index in [0.29, 0.717) is 31.1 Å². The van der Waals surface area contributed by atoms with Gasteiger partial charge in [0.15, 0.2) is 0 Å². The quantitative estimate of drug-likeness (QED) is 0.293. The molecule has 0 bridgehead atoms. The number of para-hydroxylation sites is 1. The number of carbonyl (C=O) groups excluding carboxylic acids is 2. The second-order valence-corrected chi connectivity index (χ2v) is 9.39. The Morgan fingerprint density at radius 1 is 1.15 bits per heavy atom. The van der Waals surface area contributed by atoms with E-state index in [9.17, 15) is 14.7 Å². The van der Waals surface area contributed by atoms with Crippen molar-refractivity contribution in [2.75, 3.05) is 13.2 Å². The van der Waals surface area contributed by atoms with Crippen LogP contribution in [0.1, 0.15) is 49.9 Å². The Balaban J connectivity index is 1.86. The fourth-order valence-corrected chi connectivity index (χ4v) is 4.64. The number of ether oxygens (including phenoxy) is 1. The van der Waals surface area contributed by atoms with Crippen molar-refractivity contribution in [3.63, 3.8) is 0 Å². The summed E-state index contributed by atoms with van der Waals surface area (Å²) in [5.41, 5.74) is 3.32. The van der Waals surface area contributed by atoms with Crippen molar-refractivity contribution in [1.29, 1.82) is 0 Å². The van der Waals surface area contributed by atoms with Gasteiger partial charge in [0.05, 0.1) is 18.2 Å². The summed E-state index contributed by atoms with van der Waals surface area (Å²) in [6.45, 7) is 9.06. The lowest BCUT2D eigenvalue weighted by atomic mass is 9.94. The highest BCUT2D eigenvalue weighted by Crippen LogP contribution is 2.42. The van der Waals surface area contributed by atoms with Crippen LogP contribution in [-0.2, 0) is 16.6 Å². The van der Waals surface area contributed by atoms with Gasteiger partial charge in [-0.15, -0.1) is 0 Å². The molecule has 0 spiro atoms. The van der Waals surface area contributed by atoms with Crippen molar-refractivity contribution in [2.45, 2.75) is 40.2 Å². The zero-order valence-electron chi connectivity index (χ0n) is 20.5. The second kappa shape index (κ2) is 9.37. The van der Waals surface area contributed by atoms with Gasteiger partial charge in [-0.2, -0.15) is 0 Å². The van der Waals surface area contributed by atoms with Crippen molar-refractivity contribution < 1.29 is 19.4 Å². The Bertz CT molecular complexity index is 1280. The highest BCUT2D eigenvalue weighted by molar-refractivity contribution is 6.46. The molecule has 4 rings (SSSR count). The van der Waals surface area contributed by atoms with Crippen LogP contribution in [0.15, 0.2) is 54.2 Å². The molecule has 1 amide bonds. The van der Waals surface area contributed by atoms with E-state index in [0.717, 1.165) is 27.8 Å². The summed E-state index contributed by atoms with van der Waals surface area (Å²) in [6.07, 6.45) is 2.65. The number of carbonyl (C=O) groups is 2. The SMILES string of the molecule is CCCN1C(=O)C(=O)/C(=C(/O)c2ccc(OCC(C)C)c(C)c2)C1c1cn(C)c2ccccc12. The Labute approximate surface area is 200 Å². The minimum Gasteiger partial charge on any atom is -0.507 e. The topological polar surface area (TPSA) is 71.8 Å². The number of rotatable bonds is 7. The van der Waals surface area contributed by atoms with Gasteiger partial charge < -0.3 is 19.3 Å². The first-order valence-corrected chi connectivity index (χ1v) is 11.8. The van der Waals surface area contributed by atoms with E-state index in [1.54, 1.807) is 17.0 Å². The third-order valence-corrected chi connectivity index (χ3v) is 6.25. The number of aliphatic hydroxyl groups excluding tert-OH is 1. The highest BCUT2D eigenvalue weighted by atomic mass is 16.5. The number of amides is 1. The van der Waals surface area contributed by atoms with Gasteiger partial charge in [0.2, 0.25) is 0 Å². The fourth-order valence-electron chi connectivity index (χ4n) is 4.64. The normalized spacial score (nSPS) is 17.8. The number of benzene rings is 2. The van der Waals surface area contributed by atoms with Crippen LogP contribution in [0.5, 0.6) is 5.75 Å². The molecule has 1 unspecified atom stereocenters. The molecule has 1 atom stereocenters. The number of fused-ring (bicyclic) bond motifs is 1. The summed E-state index contributed by atoms with van der Waals surface area (Å²) in [5, 5.41) is 12.3. The van der Waals surface area contributed by atoms with Crippen LogP contribution >= 0.6 is 0 Å². The number of hydrogen-bond acceptors (Lipinski definition) is 4. The van der Waals surface area contributed by atoms with Gasteiger partial charge in [0.25, 0.3) is 11.7 Å². The van der Waals surface area contributed by atoms with Gasteiger partial charge in [0.1, 0.15) is 11.5 Å². The van der Waals surface area contributed by atoms with E-state index < -0.39 is 17.7 Å². The minimum absolute atomic E-state index is 0.130. The lowest BCUT2D eigenvalue weighted by Gasteiger charge is -2.24. The summed E-state index contributed by atoms with van der Waals surface area (Å²) in [7, 11) is 1.94. The summed E-state index contributed by atoms with van der Waals surface area (Å²) >= 11 is 0. The first-order valence-electron chi connectivity index (χ1n) is 11.8. The fraction of sp³-hybridized carbons (Fsp3) is 0.357. The largest absolute Gasteiger partial charge is 0.507 e. The smallest absolute Gasteiger partial charge is 0.295 e. The number of aryl methyl sites for hydroxylation is 2. The standard InChI is InChI=1S/C28H32N2O4/c1-6-13-30-25(21-15-29(5)22-10-8-7-9-20(21)22)24(27(32)28(30)33)26(31)19-11-12-23(18(4)14-19)34-16-17(2)3/h7-12,14-15,17,25,31H,6,13,16H2,1-5H3/b26-24+. The minimum atomic E-state index is -0.651. The van der Waals surface area contributed by atoms with Gasteiger partial charge in [-0.05, 0) is 49.1 Å². The molecule has 34 heavy (non-hydrogen) atoms. The molecule has 0 radical (unpaired) electrons. The van der Waals surface area contributed by atoms with Crippen LogP contribution in [0.3, 0.4) is 0 Å². The van der Waals surface area contributed by atoms with Gasteiger partial charge in [-0.25, -0.2) is 0 Å². The molecule has 1 aromatic heterocycles. The molecule has 1 saturated heterocycles. The van der Waals surface area contributed by atoms with E-state index in [2.05, 4.69) is 13.8 Å². The predicted octanol–water partition coefficient (Wildman–Crippen LogP) is 5.35. The number of nitrogens with zero attached hydrogens (tertiary/aromatic N) is 2. The Morgan fingerprint density at radius 2 is 1.88 bits per heavy atom. The van der Waals surface area contributed by atoms with Gasteiger partial charge in [0, 0.05) is 41.8 Å². The molecule has 178 valence electrons. The Hall–Kier alpha value is -3.54. The molecular weight excluding hydrogens is 428 g/mol. The molecule has 1 fully saturated rings. The van der Waals surface area contributed by atoms with E-state index in [1.165, 1.54) is 0 Å². The van der Waals surface area contributed by atoms with Gasteiger partial charge >= 0.3 is 0 Å². The molecule has 6 heteroatoms. The van der Waals surface area contributed by atoms with Crippen LogP contribution in [0.2, 0.25) is 0 Å². The van der Waals surface area contributed by atoms with Crippen LogP contribution in [0.25, 0.3) is 16.7 Å². The van der Waals surface area contributed by atoms with Gasteiger partial charge in [-0.1, -0.05) is 39.0 Å². The van der Waals surface area contributed by atoms with Crippen molar-refractivity contribution >= 4 is 28.4 Å². The van der Waals surface area contributed by atoms with Crippen molar-refractivity contribution in [1.82, 2.24) is 9.47 Å². The maximum Gasteiger partial charge on any atom is 0.295 e. The van der Waals surface area contributed by atoms with E-state index in [1.807, 2.05) is 62.0 Å². The van der Waals surface area contributed by atoms with Gasteiger partial charge in [-0.3, -0.25) is 9.59 Å². The van der Waals surface area contributed by atoms with Crippen molar-refractivity contribution in [3.05, 3.63) is 70.9 Å². The zero-order chi connectivity index (χ0) is 24.6. The number of aliphatic hydroxyl groups is 1. The molecule has 3 aromatic rings. The third-order valence-electron chi connectivity index (χ3n) is 6.25. The lowest BCUT2D eigenvalue weighted by molar-refractivity contribution is -0.139. The van der Waals surface area contributed by atoms with Crippen molar-refractivity contribution in [2.24, 2.45) is 13.0 Å². The summed E-state index contributed by atoms with van der Waals surface area (Å²) < 4.78 is 7.85. The summed E-state index contributed by atoms with van der Waals surface area (Å²) in [6, 6.07) is 12.6. The molecule has 0 saturated carbocycles. The number of ketones is 1. The van der Waals surface area contributed by atoms with Crippen LogP contribution in [-0.4, -0.2) is 39.4 Å². The van der Waals surface area contributed by atoms with Crippen LogP contribution in [0.4, 0.5) is 0 Å². The maximum absolute atomic E-state index is 13.2. The Morgan fingerprint density at radius 3 is 2.56 bits per heavy atom. The number of aromatic nitrogens is 1. The van der Waals surface area contributed by atoms with E-state index in [4.69, 9.17) is 4.74 Å². The molecule has 2 aromatic carbocycles. The van der Waals surface area contributed by atoms with Crippen LogP contribution in [0, 0.1) is 12.8 Å². The molecule has 2 heterocycles. The third kappa shape index (κ3) is 4.09. The van der Waals surface area contributed by atoms with Crippen LogP contribution < -0.4 is 4.74 Å². The second-order valence-electron chi connectivity index (χ2n) is 9.39. The molecule has 1 aliphatic heterocycles. The Kier molecular flexibility index (Phi) is 6.51. The number of likely N-dealkylation sites (tertiary alicyclic amines) is 1. The first-order chi connectivity index (χ1) is 16.2. The molecular formula is C28H32N2O4. The van der Waals surface area contributed by atoms with E-state index >= 15 is 0 Å². The van der Waals surface area contributed by atoms with Crippen molar-refractivity contribution in [3.8, 4) is 5.75 Å². The average molecular weight is 461 g/mol. The summed E-state index contributed by atoms with van der Waals surface area (Å²) in [4.78, 5) is 27.8. The lowest BCUT2D eigenvalue weighted by Crippen LogP contribution is -2.30. The monoisotopic (exact) mass is 460 g/mol. The number of hydrogen-bond donors (Lipinski definition) is 1. The highest BCUT2D eigenvalue weighted by Gasteiger charge is 2.46. The molecule has 1 aliphatic rings. The molecule has 6 nitrogen and oxygen atoms in total. The maximum atomic E-state index is 13.2. The van der Waals surface area contributed by atoms with E-state index in [-0.39, 0.29) is 11.3 Å².